The van der Waals surface area contributed by atoms with Crippen LogP contribution in [0.15, 0.2) is 30.3 Å². The molecule has 0 fully saturated rings. The summed E-state index contributed by atoms with van der Waals surface area (Å²) in [4.78, 5) is 18.8. The molecule has 0 saturated carbocycles. The number of primary amides is 1. The summed E-state index contributed by atoms with van der Waals surface area (Å²) >= 11 is 0. The van der Waals surface area contributed by atoms with Crippen molar-refractivity contribution in [1.29, 1.82) is 0 Å². The van der Waals surface area contributed by atoms with Gasteiger partial charge >= 0.3 is 6.09 Å². The summed E-state index contributed by atoms with van der Waals surface area (Å²) < 4.78 is 0. The second kappa shape index (κ2) is 5.91. The van der Waals surface area contributed by atoms with Crippen molar-refractivity contribution in [3.05, 3.63) is 35.9 Å². The lowest BCUT2D eigenvalue weighted by Gasteiger charge is -1.81. The molecule has 4 heteroatoms. The van der Waals surface area contributed by atoms with E-state index in [2.05, 4.69) is 5.73 Å². The van der Waals surface area contributed by atoms with E-state index in [1.165, 1.54) is 0 Å². The van der Waals surface area contributed by atoms with E-state index in [1.807, 2.05) is 18.2 Å². The van der Waals surface area contributed by atoms with Gasteiger partial charge < -0.3 is 10.8 Å². The fourth-order valence-corrected chi connectivity index (χ4v) is 0.532. The molecule has 4 nitrogen and oxygen atoms in total. The normalized spacial score (nSPS) is 7.67. The molecule has 1 aromatic rings. The molecule has 0 radical (unpaired) electrons. The summed E-state index contributed by atoms with van der Waals surface area (Å²) in [6.07, 6.45) is -0.500. The molecule has 0 spiro atoms. The van der Waals surface area contributed by atoms with Crippen LogP contribution < -0.4 is 5.73 Å². The van der Waals surface area contributed by atoms with Crippen LogP contribution >= 0.6 is 0 Å². The monoisotopic (exact) mass is 167 g/mol. The molecule has 12 heavy (non-hydrogen) atoms. The van der Waals surface area contributed by atoms with E-state index < -0.39 is 6.09 Å². The Bertz CT molecular complexity index is 242. The highest BCUT2D eigenvalue weighted by atomic mass is 16.4. The number of rotatable bonds is 1. The minimum Gasteiger partial charge on any atom is -0.465 e. The van der Waals surface area contributed by atoms with Crippen LogP contribution in [0, 0.1) is 0 Å². The zero-order chi connectivity index (χ0) is 9.40. The Hall–Kier alpha value is -1.84. The minimum absolute atomic E-state index is 0.729. The van der Waals surface area contributed by atoms with Crippen molar-refractivity contribution in [2.75, 3.05) is 0 Å². The molecular formula is C8H9NO3. The van der Waals surface area contributed by atoms with Crippen LogP contribution in [0.5, 0.6) is 0 Å². The number of carboxylic acid groups (broad SMARTS) is 1. The molecule has 1 amide bonds. The van der Waals surface area contributed by atoms with Crippen LogP contribution in [0.1, 0.15) is 10.4 Å². The molecule has 0 heterocycles. The molecular weight excluding hydrogens is 158 g/mol. The van der Waals surface area contributed by atoms with Crippen molar-refractivity contribution >= 4 is 12.4 Å². The number of hydrogen-bond acceptors (Lipinski definition) is 2. The Morgan fingerprint density at radius 1 is 1.33 bits per heavy atom. The summed E-state index contributed by atoms with van der Waals surface area (Å²) in [7, 11) is 0. The summed E-state index contributed by atoms with van der Waals surface area (Å²) in [6.45, 7) is 0. The Balaban J connectivity index is 0.000000261. The number of carbonyl (C=O) groups excluding carboxylic acids is 1. The van der Waals surface area contributed by atoms with Crippen LogP contribution in [0.3, 0.4) is 0 Å². The van der Waals surface area contributed by atoms with Crippen LogP contribution in [-0.2, 0) is 0 Å². The van der Waals surface area contributed by atoms with Crippen LogP contribution in [0.25, 0.3) is 0 Å². The Labute approximate surface area is 69.6 Å². The van der Waals surface area contributed by atoms with Gasteiger partial charge in [0.25, 0.3) is 0 Å². The fourth-order valence-electron chi connectivity index (χ4n) is 0.532. The van der Waals surface area contributed by atoms with Crippen LogP contribution in [0.4, 0.5) is 4.79 Å². The quantitative estimate of drug-likeness (QED) is 0.615. The van der Waals surface area contributed by atoms with E-state index in [9.17, 15) is 4.79 Å². The van der Waals surface area contributed by atoms with Crippen molar-refractivity contribution in [3.8, 4) is 0 Å². The highest BCUT2D eigenvalue weighted by molar-refractivity contribution is 5.74. The largest absolute Gasteiger partial charge is 0.465 e. The summed E-state index contributed by atoms with van der Waals surface area (Å²) in [5.41, 5.74) is 4.76. The number of nitrogens with two attached hydrogens (primary N) is 1. The molecule has 0 bridgehead atoms. The van der Waals surface area contributed by atoms with Crippen LogP contribution in [0.2, 0.25) is 0 Å². The Morgan fingerprint density at radius 2 is 1.75 bits per heavy atom. The second-order valence-corrected chi connectivity index (χ2v) is 1.87. The van der Waals surface area contributed by atoms with Gasteiger partial charge in [-0.3, -0.25) is 4.79 Å². The third-order valence-electron chi connectivity index (χ3n) is 0.936. The van der Waals surface area contributed by atoms with Gasteiger partial charge in [0.2, 0.25) is 0 Å². The summed E-state index contributed by atoms with van der Waals surface area (Å²) in [5, 5.41) is 7.19. The Kier molecular flexibility index (Phi) is 5.00. The number of aldehydes is 1. The fraction of sp³-hybridized carbons (Fsp3) is 0. The first-order valence-electron chi connectivity index (χ1n) is 3.15. The molecule has 3 N–H and O–H groups in total. The van der Waals surface area contributed by atoms with Crippen molar-refractivity contribution in [1.82, 2.24) is 0 Å². The van der Waals surface area contributed by atoms with Crippen molar-refractivity contribution < 1.29 is 14.7 Å². The topological polar surface area (TPSA) is 80.4 Å². The maximum atomic E-state index is 10.0. The van der Waals surface area contributed by atoms with Gasteiger partial charge in [-0.15, -0.1) is 0 Å². The molecule has 0 atom stereocenters. The lowest BCUT2D eigenvalue weighted by Crippen LogP contribution is -2.03. The summed E-state index contributed by atoms with van der Waals surface area (Å²) in [6, 6.07) is 9.10. The number of benzene rings is 1. The molecule has 1 rings (SSSR count). The molecule has 1 aromatic carbocycles. The average molecular weight is 167 g/mol. The first-order valence-corrected chi connectivity index (χ1v) is 3.15. The maximum Gasteiger partial charge on any atom is 0.402 e. The lowest BCUT2D eigenvalue weighted by molar-refractivity contribution is 0.112. The first kappa shape index (κ1) is 10.2. The van der Waals surface area contributed by atoms with Crippen molar-refractivity contribution in [2.45, 2.75) is 0 Å². The van der Waals surface area contributed by atoms with E-state index in [4.69, 9.17) is 9.90 Å². The molecule has 0 saturated heterocycles. The Morgan fingerprint density at radius 3 is 2.00 bits per heavy atom. The minimum atomic E-state index is -1.33. The van der Waals surface area contributed by atoms with Gasteiger partial charge in [0, 0.05) is 5.56 Å². The van der Waals surface area contributed by atoms with E-state index in [-0.39, 0.29) is 0 Å². The number of hydrogen-bond donors (Lipinski definition) is 2. The van der Waals surface area contributed by atoms with Gasteiger partial charge in [-0.05, 0) is 0 Å². The van der Waals surface area contributed by atoms with E-state index >= 15 is 0 Å². The predicted octanol–water partition coefficient (Wildman–Crippen LogP) is 1.12. The summed E-state index contributed by atoms with van der Waals surface area (Å²) in [5.74, 6) is 0. The molecule has 0 aromatic heterocycles. The van der Waals surface area contributed by atoms with Crippen molar-refractivity contribution in [2.24, 2.45) is 5.73 Å². The highest BCUT2D eigenvalue weighted by Crippen LogP contribution is 1.91. The maximum absolute atomic E-state index is 10.0. The standard InChI is InChI=1S/C7H6O.CH3NO2/c8-6-7-4-2-1-3-5-7;2-1(3)4/h1-6H;2H2,(H,3,4). The third-order valence-corrected chi connectivity index (χ3v) is 0.936. The molecule has 0 aliphatic rings. The predicted molar refractivity (Wildman–Crippen MR) is 44.0 cm³/mol. The smallest absolute Gasteiger partial charge is 0.402 e. The zero-order valence-corrected chi connectivity index (χ0v) is 6.31. The van der Waals surface area contributed by atoms with Crippen molar-refractivity contribution in [3.63, 3.8) is 0 Å². The first-order chi connectivity index (χ1) is 5.66. The molecule has 0 aliphatic heterocycles. The van der Waals surface area contributed by atoms with Gasteiger partial charge in [0.05, 0.1) is 0 Å². The average Bonchev–Trinajstić information content (AvgIpc) is 2.05. The van der Waals surface area contributed by atoms with Gasteiger partial charge in [0.15, 0.2) is 0 Å². The SMILES string of the molecule is NC(=O)O.O=Cc1ccccc1. The van der Waals surface area contributed by atoms with E-state index in [0.29, 0.717) is 0 Å². The highest BCUT2D eigenvalue weighted by Gasteiger charge is 1.79. The van der Waals surface area contributed by atoms with E-state index in [1.54, 1.807) is 12.1 Å². The molecule has 0 aliphatic carbocycles. The molecule has 0 unspecified atom stereocenters. The van der Waals surface area contributed by atoms with Gasteiger partial charge in [-0.2, -0.15) is 0 Å². The number of carbonyl (C=O) groups is 2. The van der Waals surface area contributed by atoms with Gasteiger partial charge in [-0.25, -0.2) is 4.79 Å². The van der Waals surface area contributed by atoms with E-state index in [0.717, 1.165) is 11.8 Å². The lowest BCUT2D eigenvalue weighted by atomic mass is 10.2. The zero-order valence-electron chi connectivity index (χ0n) is 6.31. The third kappa shape index (κ3) is 6.28. The number of amides is 1. The van der Waals surface area contributed by atoms with Gasteiger partial charge in [-0.1, -0.05) is 30.3 Å². The van der Waals surface area contributed by atoms with Gasteiger partial charge in [0.1, 0.15) is 6.29 Å². The second-order valence-electron chi connectivity index (χ2n) is 1.87. The van der Waals surface area contributed by atoms with Crippen LogP contribution in [-0.4, -0.2) is 17.5 Å². The molecule has 64 valence electrons.